The first-order valence-corrected chi connectivity index (χ1v) is 11.8. The number of rotatable bonds is 7. The molecule has 1 aliphatic heterocycles. The van der Waals surface area contributed by atoms with Crippen molar-refractivity contribution in [2.45, 2.75) is 24.9 Å². The third-order valence-electron chi connectivity index (χ3n) is 5.30. The van der Waals surface area contributed by atoms with Crippen LogP contribution in [0.5, 0.6) is 11.5 Å². The second-order valence-electron chi connectivity index (χ2n) is 7.69. The lowest BCUT2D eigenvalue weighted by atomic mass is 10.1. The highest BCUT2D eigenvalue weighted by Gasteiger charge is 2.27. The molecule has 172 valence electrons. The van der Waals surface area contributed by atoms with E-state index >= 15 is 0 Å². The van der Waals surface area contributed by atoms with Crippen LogP contribution in [0.3, 0.4) is 0 Å². The fourth-order valence-electron chi connectivity index (χ4n) is 3.48. The Labute approximate surface area is 192 Å². The predicted octanol–water partition coefficient (Wildman–Crippen LogP) is 3.38. The summed E-state index contributed by atoms with van der Waals surface area (Å²) in [5, 5.41) is 10.6. The molecule has 0 spiro atoms. The van der Waals surface area contributed by atoms with Gasteiger partial charge in [-0.2, -0.15) is 4.31 Å². The Bertz CT molecular complexity index is 1240. The Morgan fingerprint density at radius 1 is 0.909 bits per heavy atom. The number of benzene rings is 3. The summed E-state index contributed by atoms with van der Waals surface area (Å²) >= 11 is 0. The van der Waals surface area contributed by atoms with Gasteiger partial charge in [-0.1, -0.05) is 42.0 Å². The molecule has 8 nitrogen and oxygen atoms in total. The smallest absolute Gasteiger partial charge is 0.243 e. The fourth-order valence-corrected chi connectivity index (χ4v) is 4.91. The standard InChI is InChI=1S/C24H23N2O6S/c1-17-2-4-18(5-3-17)15-26(16-19-6-8-20(9-7-19)24(27)25-28)33(29,30)21-10-11-22-23(14-21)32-13-12-31-22/h2-11,14H,12-13,15-16H2,1H3,(H-,25,27,28)/q-1. The summed E-state index contributed by atoms with van der Waals surface area (Å²) < 4.78 is 39.7. The van der Waals surface area contributed by atoms with Crippen LogP contribution in [0.25, 0.3) is 0 Å². The summed E-state index contributed by atoms with van der Waals surface area (Å²) in [7, 11) is -3.90. The number of nitrogens with one attached hydrogen (secondary N) is 1. The highest BCUT2D eigenvalue weighted by atomic mass is 32.2. The summed E-state index contributed by atoms with van der Waals surface area (Å²) in [6, 6.07) is 18.5. The predicted molar refractivity (Wildman–Crippen MR) is 122 cm³/mol. The molecular formula is C24H23N2O6S-. The van der Waals surface area contributed by atoms with Gasteiger partial charge >= 0.3 is 0 Å². The maximum Gasteiger partial charge on any atom is 0.243 e. The van der Waals surface area contributed by atoms with Gasteiger partial charge in [0.05, 0.1) is 4.90 Å². The lowest BCUT2D eigenvalue weighted by Crippen LogP contribution is -2.30. The number of ether oxygens (including phenoxy) is 2. The summed E-state index contributed by atoms with van der Waals surface area (Å²) in [5.41, 5.74) is 4.12. The molecule has 0 aliphatic carbocycles. The first-order valence-electron chi connectivity index (χ1n) is 10.3. The maximum atomic E-state index is 13.6. The third-order valence-corrected chi connectivity index (χ3v) is 7.09. The molecule has 3 aromatic rings. The number of fused-ring (bicyclic) bond motifs is 1. The molecule has 0 saturated heterocycles. The Hall–Kier alpha value is -3.40. The summed E-state index contributed by atoms with van der Waals surface area (Å²) in [6.07, 6.45) is 0. The monoisotopic (exact) mass is 467 g/mol. The fraction of sp³-hybridized carbons (Fsp3) is 0.208. The molecule has 1 aliphatic rings. The van der Waals surface area contributed by atoms with Gasteiger partial charge in [0.15, 0.2) is 11.5 Å². The molecule has 0 radical (unpaired) electrons. The molecule has 33 heavy (non-hydrogen) atoms. The van der Waals surface area contributed by atoms with E-state index in [4.69, 9.17) is 9.47 Å². The average molecular weight is 468 g/mol. The van der Waals surface area contributed by atoms with Gasteiger partial charge in [0, 0.05) is 24.7 Å². The van der Waals surface area contributed by atoms with Gasteiger partial charge in [0.25, 0.3) is 0 Å². The van der Waals surface area contributed by atoms with Crippen molar-refractivity contribution in [2.24, 2.45) is 0 Å². The summed E-state index contributed by atoms with van der Waals surface area (Å²) in [5.74, 6) is 0.157. The van der Waals surface area contributed by atoms with Crippen molar-refractivity contribution >= 4 is 15.9 Å². The van der Waals surface area contributed by atoms with E-state index in [1.54, 1.807) is 18.2 Å². The number of hydroxylamine groups is 1. The largest absolute Gasteiger partial charge is 0.759 e. The summed E-state index contributed by atoms with van der Waals surface area (Å²) in [6.45, 7) is 2.96. The van der Waals surface area contributed by atoms with Gasteiger partial charge in [0.1, 0.15) is 13.2 Å². The Kier molecular flexibility index (Phi) is 6.64. The second-order valence-corrected chi connectivity index (χ2v) is 9.63. The lowest BCUT2D eigenvalue weighted by molar-refractivity contribution is 0.0970. The van der Waals surface area contributed by atoms with Crippen molar-refractivity contribution in [3.8, 4) is 11.5 Å². The van der Waals surface area contributed by atoms with Crippen LogP contribution in [0.1, 0.15) is 27.0 Å². The van der Waals surface area contributed by atoms with Crippen molar-refractivity contribution in [2.75, 3.05) is 13.2 Å². The minimum Gasteiger partial charge on any atom is -0.759 e. The molecule has 3 aromatic carbocycles. The van der Waals surface area contributed by atoms with Crippen molar-refractivity contribution in [1.29, 1.82) is 0 Å². The van der Waals surface area contributed by atoms with Crippen LogP contribution >= 0.6 is 0 Å². The van der Waals surface area contributed by atoms with Gasteiger partial charge in [-0.3, -0.25) is 4.79 Å². The maximum absolute atomic E-state index is 13.6. The van der Waals surface area contributed by atoms with Crippen LogP contribution in [0, 0.1) is 12.1 Å². The van der Waals surface area contributed by atoms with Crippen LogP contribution in [0.2, 0.25) is 0 Å². The zero-order valence-corrected chi connectivity index (χ0v) is 18.8. The molecule has 1 amide bonds. The third kappa shape index (κ3) is 5.16. The van der Waals surface area contributed by atoms with Crippen molar-refractivity contribution in [3.05, 3.63) is 94.2 Å². The molecule has 0 unspecified atom stereocenters. The normalized spacial score (nSPS) is 13.1. The number of sulfonamides is 1. The Morgan fingerprint density at radius 3 is 2.09 bits per heavy atom. The second kappa shape index (κ2) is 9.62. The molecule has 0 atom stereocenters. The molecule has 1 N–H and O–H groups in total. The van der Waals surface area contributed by atoms with Crippen LogP contribution in [-0.4, -0.2) is 31.8 Å². The Balaban J connectivity index is 1.67. The van der Waals surface area contributed by atoms with Gasteiger partial charge in [0.2, 0.25) is 15.9 Å². The number of hydrogen-bond donors (Lipinski definition) is 1. The van der Waals surface area contributed by atoms with Crippen molar-refractivity contribution in [3.63, 3.8) is 0 Å². The van der Waals surface area contributed by atoms with E-state index in [0.29, 0.717) is 30.3 Å². The highest BCUT2D eigenvalue weighted by Crippen LogP contribution is 2.33. The van der Waals surface area contributed by atoms with Crippen LogP contribution in [0.15, 0.2) is 71.6 Å². The number of aryl methyl sites for hydroxylation is 1. The number of carbonyl (C=O) groups is 1. The van der Waals surface area contributed by atoms with Crippen LogP contribution in [0.4, 0.5) is 0 Å². The van der Waals surface area contributed by atoms with E-state index in [1.807, 2.05) is 31.2 Å². The SMILES string of the molecule is Cc1ccc(CN(Cc2ccc(C(=O)N[O-])cc2)S(=O)(=O)c2ccc3c(c2)OCCO3)cc1. The van der Waals surface area contributed by atoms with Crippen LogP contribution < -0.4 is 15.0 Å². The van der Waals surface area contributed by atoms with Crippen LogP contribution in [-0.2, 0) is 23.1 Å². The van der Waals surface area contributed by atoms with E-state index in [9.17, 15) is 18.4 Å². The average Bonchev–Trinajstić information content (AvgIpc) is 2.84. The minimum absolute atomic E-state index is 0.0733. The molecule has 0 fully saturated rings. The number of hydrogen-bond acceptors (Lipinski definition) is 6. The zero-order valence-electron chi connectivity index (χ0n) is 18.0. The van der Waals surface area contributed by atoms with Crippen molar-refractivity contribution in [1.82, 2.24) is 9.79 Å². The molecule has 0 aromatic heterocycles. The Morgan fingerprint density at radius 2 is 1.48 bits per heavy atom. The molecular weight excluding hydrogens is 444 g/mol. The first kappa shape index (κ1) is 22.8. The van der Waals surface area contributed by atoms with E-state index in [1.165, 1.54) is 34.1 Å². The van der Waals surface area contributed by atoms with E-state index in [-0.39, 0.29) is 23.5 Å². The van der Waals surface area contributed by atoms with E-state index in [0.717, 1.165) is 11.1 Å². The number of amides is 1. The van der Waals surface area contributed by atoms with E-state index < -0.39 is 15.9 Å². The molecule has 0 saturated carbocycles. The highest BCUT2D eigenvalue weighted by molar-refractivity contribution is 7.89. The van der Waals surface area contributed by atoms with Gasteiger partial charge in [-0.05, 0) is 42.3 Å². The minimum atomic E-state index is -3.90. The topological polar surface area (TPSA) is 108 Å². The zero-order chi connectivity index (χ0) is 23.4. The van der Waals surface area contributed by atoms with Crippen molar-refractivity contribution < 1.29 is 22.7 Å². The first-order chi connectivity index (χ1) is 15.9. The molecule has 4 rings (SSSR count). The van der Waals surface area contributed by atoms with Gasteiger partial charge < -0.3 is 20.2 Å². The van der Waals surface area contributed by atoms with Gasteiger partial charge in [-0.15, -0.1) is 0 Å². The summed E-state index contributed by atoms with van der Waals surface area (Å²) in [4.78, 5) is 11.6. The molecule has 1 heterocycles. The molecule has 0 bridgehead atoms. The molecule has 9 heteroatoms. The lowest BCUT2D eigenvalue weighted by Gasteiger charge is -2.24. The van der Waals surface area contributed by atoms with Gasteiger partial charge in [-0.25, -0.2) is 8.42 Å². The number of carbonyl (C=O) groups excluding carboxylic acids is 1. The van der Waals surface area contributed by atoms with E-state index in [2.05, 4.69) is 0 Å². The quantitative estimate of drug-likeness (QED) is 0.534. The number of nitrogens with zero attached hydrogens (tertiary/aromatic N) is 1.